The molecule has 78 valence electrons. The molecule has 2 nitrogen and oxygen atoms in total. The Balaban J connectivity index is 3.20. The van der Waals surface area contributed by atoms with Crippen molar-refractivity contribution in [3.63, 3.8) is 0 Å². The zero-order valence-corrected chi connectivity index (χ0v) is 9.74. The van der Waals surface area contributed by atoms with Crippen molar-refractivity contribution < 1.29 is 5.11 Å². The smallest absolute Gasteiger partial charge is 0.0966 e. The Morgan fingerprint density at radius 1 is 1.21 bits per heavy atom. The molecule has 0 aliphatic rings. The Labute approximate surface area is 97.6 Å². The molecule has 2 atom stereocenters. The van der Waals surface area contributed by atoms with Crippen LogP contribution in [0.25, 0.3) is 0 Å². The van der Waals surface area contributed by atoms with Crippen molar-refractivity contribution in [2.75, 3.05) is 0 Å². The summed E-state index contributed by atoms with van der Waals surface area (Å²) < 4.78 is 0. The zero-order chi connectivity index (χ0) is 10.9. The number of nitrogens with two attached hydrogens (primary N) is 1. The normalized spacial score (nSPS) is 15.3. The van der Waals surface area contributed by atoms with E-state index in [1.165, 1.54) is 12.1 Å². The van der Waals surface area contributed by atoms with E-state index in [4.69, 9.17) is 40.5 Å². The highest BCUT2D eigenvalue weighted by molar-refractivity contribution is 6.39. The minimum absolute atomic E-state index is 0.326. The first kappa shape index (κ1) is 12.1. The standard InChI is InChI=1S/C9H10Cl3NO/c1-4(13)9(14)8-6(11)2-5(10)3-7(8)12/h2-4,9,14H,13H2,1H3/t4-,9-/m0/s1. The summed E-state index contributed by atoms with van der Waals surface area (Å²) in [6, 6.07) is 2.61. The highest BCUT2D eigenvalue weighted by atomic mass is 35.5. The van der Waals surface area contributed by atoms with Gasteiger partial charge in [0.25, 0.3) is 0 Å². The molecule has 0 amide bonds. The van der Waals surface area contributed by atoms with Crippen LogP contribution in [0.4, 0.5) is 0 Å². The van der Waals surface area contributed by atoms with Crippen molar-refractivity contribution in [1.29, 1.82) is 0 Å². The molecule has 0 bridgehead atoms. The van der Waals surface area contributed by atoms with Gasteiger partial charge >= 0.3 is 0 Å². The predicted molar refractivity (Wildman–Crippen MR) is 60.1 cm³/mol. The van der Waals surface area contributed by atoms with Crippen molar-refractivity contribution in [2.45, 2.75) is 19.1 Å². The molecule has 0 heterocycles. The van der Waals surface area contributed by atoms with Gasteiger partial charge in [-0.2, -0.15) is 0 Å². The van der Waals surface area contributed by atoms with Gasteiger partial charge in [-0.05, 0) is 19.1 Å². The lowest BCUT2D eigenvalue weighted by atomic mass is 10.0. The van der Waals surface area contributed by atoms with Crippen LogP contribution in [0.15, 0.2) is 12.1 Å². The molecule has 1 aromatic rings. The second kappa shape index (κ2) is 4.69. The van der Waals surface area contributed by atoms with Gasteiger partial charge in [0.05, 0.1) is 6.10 Å². The molecular formula is C9H10Cl3NO. The van der Waals surface area contributed by atoms with Gasteiger partial charge in [0.15, 0.2) is 0 Å². The second-order valence-corrected chi connectivity index (χ2v) is 4.34. The number of hydrogen-bond donors (Lipinski definition) is 2. The van der Waals surface area contributed by atoms with E-state index in [0.717, 1.165) is 0 Å². The number of aliphatic hydroxyl groups is 1. The molecule has 1 aromatic carbocycles. The molecule has 0 aliphatic heterocycles. The van der Waals surface area contributed by atoms with Gasteiger partial charge in [0.2, 0.25) is 0 Å². The molecule has 0 unspecified atom stereocenters. The Morgan fingerprint density at radius 2 is 1.64 bits per heavy atom. The van der Waals surface area contributed by atoms with E-state index in [9.17, 15) is 5.11 Å². The number of hydrogen-bond acceptors (Lipinski definition) is 2. The molecule has 0 fully saturated rings. The lowest BCUT2D eigenvalue weighted by Gasteiger charge is -2.17. The van der Waals surface area contributed by atoms with Crippen LogP contribution in [0.1, 0.15) is 18.6 Å². The highest BCUT2D eigenvalue weighted by Gasteiger charge is 2.19. The third kappa shape index (κ3) is 2.53. The number of halogens is 3. The largest absolute Gasteiger partial charge is 0.387 e. The summed E-state index contributed by atoms with van der Waals surface area (Å²) >= 11 is 17.5. The molecule has 0 saturated heterocycles. The fraction of sp³-hybridized carbons (Fsp3) is 0.333. The van der Waals surface area contributed by atoms with Crippen molar-refractivity contribution >= 4 is 34.8 Å². The molecule has 0 aromatic heterocycles. The zero-order valence-electron chi connectivity index (χ0n) is 7.47. The molecule has 5 heteroatoms. The topological polar surface area (TPSA) is 46.2 Å². The summed E-state index contributed by atoms with van der Waals surface area (Å²) in [5.41, 5.74) is 5.97. The van der Waals surface area contributed by atoms with Crippen LogP contribution < -0.4 is 5.73 Å². The minimum Gasteiger partial charge on any atom is -0.387 e. The van der Waals surface area contributed by atoms with Crippen molar-refractivity contribution in [2.24, 2.45) is 5.73 Å². The number of aliphatic hydroxyl groups excluding tert-OH is 1. The molecule has 0 spiro atoms. The van der Waals surface area contributed by atoms with Crippen LogP contribution in [0.3, 0.4) is 0 Å². The lowest BCUT2D eigenvalue weighted by Crippen LogP contribution is -2.24. The first-order chi connectivity index (χ1) is 6.43. The van der Waals surface area contributed by atoms with E-state index < -0.39 is 12.1 Å². The fourth-order valence-corrected chi connectivity index (χ4v) is 2.14. The van der Waals surface area contributed by atoms with E-state index >= 15 is 0 Å². The van der Waals surface area contributed by atoms with Gasteiger partial charge in [-0.3, -0.25) is 0 Å². The molecular weight excluding hydrogens is 244 g/mol. The minimum atomic E-state index is -0.882. The molecule has 14 heavy (non-hydrogen) atoms. The van der Waals surface area contributed by atoms with Crippen LogP contribution in [0.2, 0.25) is 15.1 Å². The van der Waals surface area contributed by atoms with E-state index in [-0.39, 0.29) is 0 Å². The second-order valence-electron chi connectivity index (χ2n) is 3.09. The Morgan fingerprint density at radius 3 is 2.00 bits per heavy atom. The molecule has 0 saturated carbocycles. The van der Waals surface area contributed by atoms with Crippen LogP contribution >= 0.6 is 34.8 Å². The first-order valence-electron chi connectivity index (χ1n) is 4.01. The van der Waals surface area contributed by atoms with Gasteiger partial charge in [0.1, 0.15) is 0 Å². The first-order valence-corrected chi connectivity index (χ1v) is 5.15. The van der Waals surface area contributed by atoms with Crippen molar-refractivity contribution in [3.05, 3.63) is 32.8 Å². The summed E-state index contributed by atoms with van der Waals surface area (Å²) in [6.07, 6.45) is -0.882. The highest BCUT2D eigenvalue weighted by Crippen LogP contribution is 2.34. The SMILES string of the molecule is C[C@H](N)[C@H](O)c1c(Cl)cc(Cl)cc1Cl. The predicted octanol–water partition coefficient (Wildman–Crippen LogP) is 3.03. The average Bonchev–Trinajstić information content (AvgIpc) is 2.01. The summed E-state index contributed by atoms with van der Waals surface area (Å²) in [5.74, 6) is 0. The van der Waals surface area contributed by atoms with Gasteiger partial charge in [-0.25, -0.2) is 0 Å². The van der Waals surface area contributed by atoms with Crippen molar-refractivity contribution in [1.82, 2.24) is 0 Å². The average molecular weight is 255 g/mol. The quantitative estimate of drug-likeness (QED) is 0.852. The van der Waals surface area contributed by atoms with Gasteiger partial charge in [-0.1, -0.05) is 34.8 Å². The molecule has 0 radical (unpaired) electrons. The molecule has 3 N–H and O–H groups in total. The fourth-order valence-electron chi connectivity index (χ4n) is 1.10. The van der Waals surface area contributed by atoms with E-state index in [1.807, 2.05) is 0 Å². The number of benzene rings is 1. The third-order valence-corrected chi connectivity index (χ3v) is 2.68. The Bertz CT molecular complexity index is 318. The lowest BCUT2D eigenvalue weighted by molar-refractivity contribution is 0.153. The number of rotatable bonds is 2. The summed E-state index contributed by atoms with van der Waals surface area (Å²) in [6.45, 7) is 1.67. The van der Waals surface area contributed by atoms with Crippen LogP contribution in [0, 0.1) is 0 Å². The summed E-state index contributed by atoms with van der Waals surface area (Å²) in [5, 5.41) is 10.8. The summed E-state index contributed by atoms with van der Waals surface area (Å²) in [4.78, 5) is 0. The van der Waals surface area contributed by atoms with Crippen LogP contribution in [0.5, 0.6) is 0 Å². The van der Waals surface area contributed by atoms with Gasteiger partial charge in [-0.15, -0.1) is 0 Å². The van der Waals surface area contributed by atoms with Crippen molar-refractivity contribution in [3.8, 4) is 0 Å². The van der Waals surface area contributed by atoms with E-state index in [0.29, 0.717) is 20.6 Å². The molecule has 0 aliphatic carbocycles. The van der Waals surface area contributed by atoms with Gasteiger partial charge in [0, 0.05) is 26.7 Å². The van der Waals surface area contributed by atoms with Crippen LogP contribution in [-0.4, -0.2) is 11.1 Å². The monoisotopic (exact) mass is 253 g/mol. The van der Waals surface area contributed by atoms with E-state index in [1.54, 1.807) is 6.92 Å². The van der Waals surface area contributed by atoms with E-state index in [2.05, 4.69) is 0 Å². The Hall–Kier alpha value is 0.01000. The maximum absolute atomic E-state index is 9.71. The summed E-state index contributed by atoms with van der Waals surface area (Å²) in [7, 11) is 0. The third-order valence-electron chi connectivity index (χ3n) is 1.84. The maximum Gasteiger partial charge on any atom is 0.0966 e. The van der Waals surface area contributed by atoms with Crippen LogP contribution in [-0.2, 0) is 0 Å². The molecule has 1 rings (SSSR count). The maximum atomic E-state index is 9.71. The Kier molecular flexibility index (Phi) is 4.04. The van der Waals surface area contributed by atoms with Gasteiger partial charge < -0.3 is 10.8 Å².